The van der Waals surface area contributed by atoms with Crippen molar-refractivity contribution in [2.24, 2.45) is 5.92 Å². The summed E-state index contributed by atoms with van der Waals surface area (Å²) in [5, 5.41) is 11.7. The van der Waals surface area contributed by atoms with Crippen LogP contribution in [0.5, 0.6) is 0 Å². The van der Waals surface area contributed by atoms with Gasteiger partial charge in [-0.3, -0.25) is 19.9 Å². The first kappa shape index (κ1) is 20.9. The molecule has 2 fully saturated rings. The van der Waals surface area contributed by atoms with Crippen molar-refractivity contribution in [3.63, 3.8) is 0 Å². The number of carbonyl (C=O) groups excluding carboxylic acids is 2. The van der Waals surface area contributed by atoms with Gasteiger partial charge in [0.25, 0.3) is 0 Å². The first-order valence-corrected chi connectivity index (χ1v) is 10.9. The molecule has 2 aromatic rings. The summed E-state index contributed by atoms with van der Waals surface area (Å²) in [5.74, 6) is -0.615. The molecule has 3 unspecified atom stereocenters. The maximum Gasteiger partial charge on any atom is 0.230 e. The highest BCUT2D eigenvalue weighted by atomic mass is 35.5. The van der Waals surface area contributed by atoms with E-state index < -0.39 is 5.50 Å². The SMILES string of the molecule is O=C(CSC1NC(=O)C2CNN(c3ccc(Cl)cc3)C2N1)NCc1ccc(F)cc1. The molecule has 7 nitrogen and oxygen atoms in total. The second kappa shape index (κ2) is 9.22. The summed E-state index contributed by atoms with van der Waals surface area (Å²) in [6.07, 6.45) is -0.236. The molecule has 2 aliphatic rings. The maximum atomic E-state index is 12.9. The zero-order valence-corrected chi connectivity index (χ0v) is 17.5. The number of rotatable bonds is 6. The van der Waals surface area contributed by atoms with Crippen LogP contribution in [0.4, 0.5) is 10.1 Å². The van der Waals surface area contributed by atoms with E-state index in [-0.39, 0.29) is 35.5 Å². The molecule has 2 amide bonds. The molecular weight excluding hydrogens is 429 g/mol. The summed E-state index contributed by atoms with van der Waals surface area (Å²) in [7, 11) is 0. The number of anilines is 1. The molecule has 2 heterocycles. The molecule has 0 bridgehead atoms. The van der Waals surface area contributed by atoms with Gasteiger partial charge >= 0.3 is 0 Å². The smallest absolute Gasteiger partial charge is 0.230 e. The van der Waals surface area contributed by atoms with Gasteiger partial charge in [-0.2, -0.15) is 0 Å². The average Bonchev–Trinajstić information content (AvgIpc) is 3.17. The predicted molar refractivity (Wildman–Crippen MR) is 115 cm³/mol. The summed E-state index contributed by atoms with van der Waals surface area (Å²) in [6.45, 7) is 0.838. The minimum atomic E-state index is -0.398. The van der Waals surface area contributed by atoms with Gasteiger partial charge in [-0.05, 0) is 42.0 Å². The second-order valence-corrected chi connectivity index (χ2v) is 8.56. The van der Waals surface area contributed by atoms with Gasteiger partial charge in [-0.15, -0.1) is 11.8 Å². The Morgan fingerprint density at radius 1 is 1.20 bits per heavy atom. The van der Waals surface area contributed by atoms with Gasteiger partial charge in [0, 0.05) is 18.1 Å². The van der Waals surface area contributed by atoms with Crippen LogP contribution in [-0.4, -0.2) is 35.8 Å². The predicted octanol–water partition coefficient (Wildman–Crippen LogP) is 1.80. The molecule has 0 aliphatic carbocycles. The number of hydrazine groups is 1. The number of amides is 2. The Hall–Kier alpha value is -2.33. The minimum absolute atomic E-state index is 0.0630. The lowest BCUT2D eigenvalue weighted by Gasteiger charge is -2.37. The second-order valence-electron chi connectivity index (χ2n) is 7.03. The number of benzene rings is 2. The Bertz CT molecular complexity index is 914. The lowest BCUT2D eigenvalue weighted by atomic mass is 10.1. The van der Waals surface area contributed by atoms with Gasteiger partial charge in [-0.1, -0.05) is 23.7 Å². The van der Waals surface area contributed by atoms with E-state index in [1.54, 1.807) is 24.3 Å². The quantitative estimate of drug-likeness (QED) is 0.538. The van der Waals surface area contributed by atoms with Crippen LogP contribution in [0, 0.1) is 11.7 Å². The fourth-order valence-electron chi connectivity index (χ4n) is 3.40. The van der Waals surface area contributed by atoms with Gasteiger partial charge in [0.1, 0.15) is 17.5 Å². The van der Waals surface area contributed by atoms with Crippen LogP contribution in [-0.2, 0) is 16.1 Å². The highest BCUT2D eigenvalue weighted by molar-refractivity contribution is 8.00. The molecule has 0 radical (unpaired) electrons. The van der Waals surface area contributed by atoms with Crippen molar-refractivity contribution in [3.8, 4) is 0 Å². The molecule has 30 heavy (non-hydrogen) atoms. The molecule has 3 atom stereocenters. The van der Waals surface area contributed by atoms with Gasteiger partial charge < -0.3 is 10.6 Å². The van der Waals surface area contributed by atoms with Crippen molar-refractivity contribution in [1.29, 1.82) is 0 Å². The zero-order chi connectivity index (χ0) is 21.1. The minimum Gasteiger partial charge on any atom is -0.351 e. The van der Waals surface area contributed by atoms with Crippen LogP contribution in [0.3, 0.4) is 0 Å². The summed E-state index contributed by atoms with van der Waals surface area (Å²) >= 11 is 7.27. The number of hydrogen-bond donors (Lipinski definition) is 4. The highest BCUT2D eigenvalue weighted by Gasteiger charge is 2.44. The molecular formula is C20H21ClFN5O2S. The van der Waals surface area contributed by atoms with Crippen LogP contribution in [0.15, 0.2) is 48.5 Å². The Balaban J connectivity index is 1.30. The van der Waals surface area contributed by atoms with Gasteiger partial charge in [0.05, 0.1) is 17.4 Å². The standard InChI is InChI=1S/C20H21ClFN5O2S/c21-13-3-7-15(8-4-13)27-18-16(10-24-27)19(29)26-20(25-18)30-11-17(28)23-9-12-1-5-14(22)6-2-12/h1-8,16,18,20,24-25H,9-11H2,(H,23,28)(H,26,29). The fraction of sp³-hybridized carbons (Fsp3) is 0.300. The normalized spacial score (nSPS) is 23.1. The Morgan fingerprint density at radius 3 is 2.67 bits per heavy atom. The van der Waals surface area contributed by atoms with Gasteiger partial charge in [-0.25, -0.2) is 9.82 Å². The van der Waals surface area contributed by atoms with Crippen LogP contribution >= 0.6 is 23.4 Å². The van der Waals surface area contributed by atoms with E-state index in [1.165, 1.54) is 23.9 Å². The van der Waals surface area contributed by atoms with Crippen molar-refractivity contribution in [2.45, 2.75) is 18.2 Å². The molecule has 0 aromatic heterocycles. The molecule has 158 valence electrons. The van der Waals surface area contributed by atoms with Crippen LogP contribution in [0.2, 0.25) is 5.02 Å². The molecule has 2 aliphatic heterocycles. The number of fused-ring (bicyclic) bond motifs is 1. The fourth-order valence-corrected chi connectivity index (χ4v) is 4.38. The topological polar surface area (TPSA) is 85.5 Å². The third kappa shape index (κ3) is 4.86. The lowest BCUT2D eigenvalue weighted by Crippen LogP contribution is -2.63. The van der Waals surface area contributed by atoms with Crippen molar-refractivity contribution in [2.75, 3.05) is 17.3 Å². The van der Waals surface area contributed by atoms with Crippen LogP contribution in [0.1, 0.15) is 5.56 Å². The molecule has 4 rings (SSSR count). The number of halogens is 2. The number of nitrogens with one attached hydrogen (secondary N) is 4. The van der Waals surface area contributed by atoms with Crippen LogP contribution < -0.4 is 26.4 Å². The van der Waals surface area contributed by atoms with E-state index in [0.717, 1.165) is 11.3 Å². The van der Waals surface area contributed by atoms with E-state index in [2.05, 4.69) is 21.4 Å². The monoisotopic (exact) mass is 449 g/mol. The van der Waals surface area contributed by atoms with Gasteiger partial charge in [0.15, 0.2) is 0 Å². The van der Waals surface area contributed by atoms with E-state index in [9.17, 15) is 14.0 Å². The first-order chi connectivity index (χ1) is 14.5. The number of carbonyl (C=O) groups is 2. The van der Waals surface area contributed by atoms with E-state index in [1.807, 2.05) is 17.1 Å². The Kier molecular flexibility index (Phi) is 6.43. The summed E-state index contributed by atoms with van der Waals surface area (Å²) < 4.78 is 12.9. The largest absolute Gasteiger partial charge is 0.351 e. The van der Waals surface area contributed by atoms with Crippen LogP contribution in [0.25, 0.3) is 0 Å². The zero-order valence-electron chi connectivity index (χ0n) is 15.9. The third-order valence-electron chi connectivity index (χ3n) is 4.96. The molecule has 0 saturated carbocycles. The number of thioether (sulfide) groups is 1. The number of nitrogens with zero attached hydrogens (tertiary/aromatic N) is 1. The van der Waals surface area contributed by atoms with Crippen molar-refractivity contribution in [1.82, 2.24) is 21.4 Å². The Labute approximate surface area is 182 Å². The van der Waals surface area contributed by atoms with E-state index in [4.69, 9.17) is 11.6 Å². The lowest BCUT2D eigenvalue weighted by molar-refractivity contribution is -0.127. The summed E-state index contributed by atoms with van der Waals surface area (Å²) in [5.41, 5.74) is 4.56. The molecule has 0 spiro atoms. The maximum absolute atomic E-state index is 12.9. The van der Waals surface area contributed by atoms with Crippen molar-refractivity contribution in [3.05, 3.63) is 64.9 Å². The average molecular weight is 450 g/mol. The molecule has 2 aromatic carbocycles. The van der Waals surface area contributed by atoms with E-state index in [0.29, 0.717) is 18.1 Å². The van der Waals surface area contributed by atoms with E-state index >= 15 is 0 Å². The number of hydrogen-bond acceptors (Lipinski definition) is 6. The summed E-state index contributed by atoms with van der Waals surface area (Å²) in [4.78, 5) is 24.7. The van der Waals surface area contributed by atoms with Crippen molar-refractivity contribution >= 4 is 40.9 Å². The highest BCUT2D eigenvalue weighted by Crippen LogP contribution is 2.27. The van der Waals surface area contributed by atoms with Crippen molar-refractivity contribution < 1.29 is 14.0 Å². The first-order valence-electron chi connectivity index (χ1n) is 9.47. The molecule has 2 saturated heterocycles. The molecule has 4 N–H and O–H groups in total. The Morgan fingerprint density at radius 2 is 1.93 bits per heavy atom. The third-order valence-corrected chi connectivity index (χ3v) is 6.23. The summed E-state index contributed by atoms with van der Waals surface area (Å²) in [6, 6.07) is 13.3. The molecule has 10 heteroatoms. The van der Waals surface area contributed by atoms with Gasteiger partial charge in [0.2, 0.25) is 11.8 Å².